The third-order valence-corrected chi connectivity index (χ3v) is 6.87. The number of rotatable bonds is 7. The molecule has 27 heavy (non-hydrogen) atoms. The second-order valence-electron chi connectivity index (χ2n) is 6.46. The zero-order valence-corrected chi connectivity index (χ0v) is 17.3. The molecule has 0 aliphatic carbocycles. The van der Waals surface area contributed by atoms with E-state index in [0.717, 1.165) is 37.2 Å². The number of likely N-dealkylation sites (tertiary alicyclic amines) is 1. The van der Waals surface area contributed by atoms with Gasteiger partial charge in [-0.15, -0.1) is 0 Å². The number of methoxy groups -OCH3 is 1. The standard InChI is InChI=1S/C19H22Cl2N2O3S/c1-26-16-7-4-14(5-8-16)18(23-10-2-3-11-23)13-22-27(24,25)19-12-15(20)6-9-17(19)21/h4-9,12,18,22H,2-3,10-11,13H2,1H3/t18-/m0/s1. The van der Waals surface area contributed by atoms with Gasteiger partial charge < -0.3 is 4.74 Å². The second kappa shape index (κ2) is 8.80. The number of nitrogens with zero attached hydrogens (tertiary/aromatic N) is 1. The minimum Gasteiger partial charge on any atom is -0.497 e. The van der Waals surface area contributed by atoms with Crippen molar-refractivity contribution in [2.45, 2.75) is 23.8 Å². The van der Waals surface area contributed by atoms with Gasteiger partial charge in [0.1, 0.15) is 10.6 Å². The minimum atomic E-state index is -3.78. The molecule has 146 valence electrons. The van der Waals surface area contributed by atoms with Gasteiger partial charge in [-0.05, 0) is 61.8 Å². The van der Waals surface area contributed by atoms with Gasteiger partial charge in [-0.2, -0.15) is 0 Å². The molecule has 1 aliphatic rings. The lowest BCUT2D eigenvalue weighted by Gasteiger charge is -2.28. The van der Waals surface area contributed by atoms with Crippen LogP contribution in [-0.2, 0) is 10.0 Å². The molecule has 1 fully saturated rings. The molecular formula is C19H22Cl2N2O3S. The van der Waals surface area contributed by atoms with Gasteiger partial charge in [0, 0.05) is 17.6 Å². The van der Waals surface area contributed by atoms with Gasteiger partial charge in [0.15, 0.2) is 0 Å². The zero-order chi connectivity index (χ0) is 19.4. The van der Waals surface area contributed by atoms with Gasteiger partial charge in [-0.3, -0.25) is 4.90 Å². The number of nitrogens with one attached hydrogen (secondary N) is 1. The van der Waals surface area contributed by atoms with Gasteiger partial charge >= 0.3 is 0 Å². The van der Waals surface area contributed by atoms with Crippen LogP contribution >= 0.6 is 23.2 Å². The van der Waals surface area contributed by atoms with E-state index in [9.17, 15) is 8.42 Å². The summed E-state index contributed by atoms with van der Waals surface area (Å²) in [6.07, 6.45) is 2.22. The molecule has 0 amide bonds. The third kappa shape index (κ3) is 4.95. The first kappa shape index (κ1) is 20.4. The highest BCUT2D eigenvalue weighted by molar-refractivity contribution is 7.89. The molecular weight excluding hydrogens is 407 g/mol. The lowest BCUT2D eigenvalue weighted by molar-refractivity contribution is 0.246. The molecule has 2 aromatic carbocycles. The Bertz CT molecular complexity index is 882. The maximum Gasteiger partial charge on any atom is 0.242 e. The van der Waals surface area contributed by atoms with E-state index in [1.807, 2.05) is 24.3 Å². The number of ether oxygens (including phenoxy) is 1. The van der Waals surface area contributed by atoms with E-state index >= 15 is 0 Å². The summed E-state index contributed by atoms with van der Waals surface area (Å²) in [4.78, 5) is 2.29. The highest BCUT2D eigenvalue weighted by Crippen LogP contribution is 2.28. The molecule has 0 saturated carbocycles. The summed E-state index contributed by atoms with van der Waals surface area (Å²) in [5.41, 5.74) is 1.04. The van der Waals surface area contributed by atoms with Crippen LogP contribution in [-0.4, -0.2) is 40.1 Å². The quantitative estimate of drug-likeness (QED) is 0.720. The molecule has 0 radical (unpaired) electrons. The Kier molecular flexibility index (Phi) is 6.65. The fourth-order valence-electron chi connectivity index (χ4n) is 3.29. The maximum atomic E-state index is 12.8. The Morgan fingerprint density at radius 2 is 1.78 bits per heavy atom. The summed E-state index contributed by atoms with van der Waals surface area (Å²) in [5, 5.41) is 0.472. The van der Waals surface area contributed by atoms with Crippen molar-refractivity contribution in [2.75, 3.05) is 26.7 Å². The van der Waals surface area contributed by atoms with Crippen LogP contribution in [0.5, 0.6) is 5.75 Å². The van der Waals surface area contributed by atoms with Gasteiger partial charge in [-0.25, -0.2) is 13.1 Å². The van der Waals surface area contributed by atoms with Crippen molar-refractivity contribution in [3.8, 4) is 5.75 Å². The van der Waals surface area contributed by atoms with Gasteiger partial charge in [-0.1, -0.05) is 35.3 Å². The number of sulfonamides is 1. The van der Waals surface area contributed by atoms with E-state index in [4.69, 9.17) is 27.9 Å². The summed E-state index contributed by atoms with van der Waals surface area (Å²) in [5.74, 6) is 0.769. The molecule has 0 unspecified atom stereocenters. The number of hydrogen-bond acceptors (Lipinski definition) is 4. The van der Waals surface area contributed by atoms with Gasteiger partial charge in [0.2, 0.25) is 10.0 Å². The Morgan fingerprint density at radius 1 is 1.11 bits per heavy atom. The average Bonchev–Trinajstić information content (AvgIpc) is 3.18. The maximum absolute atomic E-state index is 12.8. The number of hydrogen-bond donors (Lipinski definition) is 1. The summed E-state index contributed by atoms with van der Waals surface area (Å²) in [6.45, 7) is 2.13. The van der Waals surface area contributed by atoms with Crippen molar-refractivity contribution >= 4 is 33.2 Å². The van der Waals surface area contributed by atoms with E-state index < -0.39 is 10.0 Å². The average molecular weight is 429 g/mol. The molecule has 1 N–H and O–H groups in total. The molecule has 3 rings (SSSR count). The van der Waals surface area contributed by atoms with E-state index in [1.54, 1.807) is 13.2 Å². The summed E-state index contributed by atoms with van der Waals surface area (Å²) in [6, 6.07) is 12.1. The van der Waals surface area contributed by atoms with E-state index in [-0.39, 0.29) is 22.5 Å². The van der Waals surface area contributed by atoms with Crippen molar-refractivity contribution in [2.24, 2.45) is 0 Å². The fraction of sp³-hybridized carbons (Fsp3) is 0.368. The van der Waals surface area contributed by atoms with Crippen LogP contribution in [0.1, 0.15) is 24.4 Å². The largest absolute Gasteiger partial charge is 0.497 e. The van der Waals surface area contributed by atoms with Gasteiger partial charge in [0.25, 0.3) is 0 Å². The first-order valence-electron chi connectivity index (χ1n) is 8.73. The summed E-state index contributed by atoms with van der Waals surface area (Å²) >= 11 is 12.0. The van der Waals surface area contributed by atoms with E-state index in [0.29, 0.717) is 5.02 Å². The van der Waals surface area contributed by atoms with E-state index in [1.165, 1.54) is 12.1 Å². The first-order chi connectivity index (χ1) is 12.9. The SMILES string of the molecule is COc1ccc([C@H](CNS(=O)(=O)c2cc(Cl)ccc2Cl)N2CCCC2)cc1. The fourth-order valence-corrected chi connectivity index (χ4v) is 5.09. The summed E-state index contributed by atoms with van der Waals surface area (Å²) in [7, 11) is -2.16. The highest BCUT2D eigenvalue weighted by Gasteiger charge is 2.26. The van der Waals surface area contributed by atoms with Crippen LogP contribution in [0.2, 0.25) is 10.0 Å². The van der Waals surface area contributed by atoms with Crippen molar-refractivity contribution in [1.29, 1.82) is 0 Å². The predicted octanol–water partition coefficient (Wildman–Crippen LogP) is 4.12. The smallest absolute Gasteiger partial charge is 0.242 e. The Labute approximate surface area is 170 Å². The molecule has 2 aromatic rings. The number of halogens is 2. The monoisotopic (exact) mass is 428 g/mol. The predicted molar refractivity (Wildman–Crippen MR) is 108 cm³/mol. The molecule has 0 aromatic heterocycles. The Morgan fingerprint density at radius 3 is 2.41 bits per heavy atom. The van der Waals surface area contributed by atoms with Crippen molar-refractivity contribution in [3.63, 3.8) is 0 Å². The molecule has 0 bridgehead atoms. The molecule has 0 spiro atoms. The Hall–Kier alpha value is -1.31. The highest BCUT2D eigenvalue weighted by atomic mass is 35.5. The third-order valence-electron chi connectivity index (χ3n) is 4.73. The lowest BCUT2D eigenvalue weighted by Crippen LogP contribution is -2.36. The number of benzene rings is 2. The van der Waals surface area contributed by atoms with E-state index in [2.05, 4.69) is 9.62 Å². The molecule has 1 saturated heterocycles. The lowest BCUT2D eigenvalue weighted by atomic mass is 10.1. The van der Waals surface area contributed by atoms with Crippen molar-refractivity contribution in [3.05, 3.63) is 58.1 Å². The van der Waals surface area contributed by atoms with Crippen LogP contribution in [0, 0.1) is 0 Å². The Balaban J connectivity index is 1.82. The molecule has 5 nitrogen and oxygen atoms in total. The zero-order valence-electron chi connectivity index (χ0n) is 15.0. The van der Waals surface area contributed by atoms with Crippen LogP contribution in [0.4, 0.5) is 0 Å². The second-order valence-corrected chi connectivity index (χ2v) is 9.04. The van der Waals surface area contributed by atoms with Crippen LogP contribution < -0.4 is 9.46 Å². The molecule has 8 heteroatoms. The normalized spacial score (nSPS) is 16.4. The molecule has 1 heterocycles. The summed E-state index contributed by atoms with van der Waals surface area (Å²) < 4.78 is 33.4. The van der Waals surface area contributed by atoms with Crippen LogP contribution in [0.25, 0.3) is 0 Å². The van der Waals surface area contributed by atoms with Crippen molar-refractivity contribution < 1.29 is 13.2 Å². The van der Waals surface area contributed by atoms with Crippen LogP contribution in [0.3, 0.4) is 0 Å². The van der Waals surface area contributed by atoms with Crippen LogP contribution in [0.15, 0.2) is 47.4 Å². The van der Waals surface area contributed by atoms with Gasteiger partial charge in [0.05, 0.1) is 12.1 Å². The first-order valence-corrected chi connectivity index (χ1v) is 11.0. The van der Waals surface area contributed by atoms with Crippen molar-refractivity contribution in [1.82, 2.24) is 9.62 Å². The molecule has 1 atom stereocenters. The topological polar surface area (TPSA) is 58.6 Å². The molecule has 1 aliphatic heterocycles. The minimum absolute atomic E-state index is 0.00781.